The van der Waals surface area contributed by atoms with E-state index in [0.29, 0.717) is 0 Å². The summed E-state index contributed by atoms with van der Waals surface area (Å²) in [6, 6.07) is 5.60. The van der Waals surface area contributed by atoms with E-state index in [1.54, 1.807) is 6.20 Å². The number of pyridine rings is 1. The molecule has 0 saturated carbocycles. The van der Waals surface area contributed by atoms with Crippen molar-refractivity contribution in [2.75, 3.05) is 59.4 Å². The molecule has 0 bridgehead atoms. The van der Waals surface area contributed by atoms with Crippen LogP contribution in [0.4, 0.5) is 0 Å². The van der Waals surface area contributed by atoms with E-state index in [2.05, 4.69) is 27.1 Å². The van der Waals surface area contributed by atoms with E-state index in [9.17, 15) is 4.79 Å². The van der Waals surface area contributed by atoms with E-state index in [1.165, 1.54) is 0 Å². The zero-order valence-electron chi connectivity index (χ0n) is 13.2. The Hall–Kier alpha value is -1.50. The van der Waals surface area contributed by atoms with Gasteiger partial charge >= 0.3 is 0 Å². The molecule has 1 aromatic rings. The third-order valence-corrected chi connectivity index (χ3v) is 4.53. The van der Waals surface area contributed by atoms with Crippen LogP contribution < -0.4 is 5.32 Å². The number of likely N-dealkylation sites (N-methyl/N-ethyl adjacent to an activating group) is 1. The van der Waals surface area contributed by atoms with Gasteiger partial charge in [-0.2, -0.15) is 0 Å². The first-order chi connectivity index (χ1) is 10.8. The van der Waals surface area contributed by atoms with Crippen LogP contribution >= 0.6 is 0 Å². The molecule has 2 fully saturated rings. The molecule has 22 heavy (non-hydrogen) atoms. The first-order valence-corrected chi connectivity index (χ1v) is 8.09. The lowest BCUT2D eigenvalue weighted by Gasteiger charge is -2.39. The van der Waals surface area contributed by atoms with Crippen molar-refractivity contribution in [1.82, 2.24) is 25.0 Å². The third-order valence-electron chi connectivity index (χ3n) is 4.53. The SMILES string of the molecule is CN1CCN(C(C(=O)N2CCNCC2)c2ccccn2)CC1. The molecule has 6 heteroatoms. The number of piperazine rings is 2. The summed E-state index contributed by atoms with van der Waals surface area (Å²) in [7, 11) is 2.13. The molecule has 0 aromatic carbocycles. The summed E-state index contributed by atoms with van der Waals surface area (Å²) >= 11 is 0. The fraction of sp³-hybridized carbons (Fsp3) is 0.625. The molecule has 0 aliphatic carbocycles. The highest BCUT2D eigenvalue weighted by molar-refractivity contribution is 5.83. The van der Waals surface area contributed by atoms with Gasteiger partial charge in [0.25, 0.3) is 0 Å². The van der Waals surface area contributed by atoms with Crippen LogP contribution in [0.2, 0.25) is 0 Å². The minimum atomic E-state index is -0.243. The number of nitrogens with zero attached hydrogens (tertiary/aromatic N) is 4. The van der Waals surface area contributed by atoms with Crippen molar-refractivity contribution in [1.29, 1.82) is 0 Å². The molecule has 1 aromatic heterocycles. The zero-order chi connectivity index (χ0) is 15.4. The maximum absolute atomic E-state index is 13.1. The molecule has 2 aliphatic rings. The molecule has 2 aliphatic heterocycles. The Bertz CT molecular complexity index is 481. The highest BCUT2D eigenvalue weighted by Gasteiger charge is 2.34. The molecule has 3 heterocycles. The van der Waals surface area contributed by atoms with Crippen molar-refractivity contribution in [2.24, 2.45) is 0 Å². The van der Waals surface area contributed by atoms with Gasteiger partial charge in [0.15, 0.2) is 0 Å². The van der Waals surface area contributed by atoms with Gasteiger partial charge in [0.05, 0.1) is 5.69 Å². The van der Waals surface area contributed by atoms with Gasteiger partial charge in [-0.25, -0.2) is 0 Å². The van der Waals surface area contributed by atoms with Crippen LogP contribution in [0.3, 0.4) is 0 Å². The monoisotopic (exact) mass is 303 g/mol. The highest BCUT2D eigenvalue weighted by atomic mass is 16.2. The lowest BCUT2D eigenvalue weighted by atomic mass is 10.1. The summed E-state index contributed by atoms with van der Waals surface area (Å²) in [6.07, 6.45) is 1.78. The second-order valence-electron chi connectivity index (χ2n) is 6.07. The van der Waals surface area contributed by atoms with Crippen LogP contribution in [-0.2, 0) is 4.79 Å². The molecule has 1 amide bonds. The van der Waals surface area contributed by atoms with Crippen molar-refractivity contribution in [2.45, 2.75) is 6.04 Å². The molecule has 2 saturated heterocycles. The summed E-state index contributed by atoms with van der Waals surface area (Å²) in [5.41, 5.74) is 0.871. The number of hydrogen-bond acceptors (Lipinski definition) is 5. The van der Waals surface area contributed by atoms with Gasteiger partial charge in [0, 0.05) is 58.6 Å². The summed E-state index contributed by atoms with van der Waals surface area (Å²) in [5, 5.41) is 3.30. The maximum atomic E-state index is 13.1. The van der Waals surface area contributed by atoms with Crippen molar-refractivity contribution in [3.05, 3.63) is 30.1 Å². The molecule has 0 spiro atoms. The predicted molar refractivity (Wildman–Crippen MR) is 85.5 cm³/mol. The predicted octanol–water partition coefficient (Wildman–Crippen LogP) is -0.198. The van der Waals surface area contributed by atoms with Gasteiger partial charge < -0.3 is 15.1 Å². The van der Waals surface area contributed by atoms with E-state index in [0.717, 1.165) is 58.1 Å². The molecule has 1 unspecified atom stereocenters. The minimum absolute atomic E-state index is 0.199. The standard InChI is InChI=1S/C16H25N5O/c1-19-10-12-20(13-11-19)15(14-4-2-3-5-18-14)16(22)21-8-6-17-7-9-21/h2-5,15,17H,6-13H2,1H3. The van der Waals surface area contributed by atoms with Crippen molar-refractivity contribution < 1.29 is 4.79 Å². The molecule has 1 N–H and O–H groups in total. The number of nitrogens with one attached hydrogen (secondary N) is 1. The Morgan fingerprint density at radius 3 is 2.50 bits per heavy atom. The van der Waals surface area contributed by atoms with E-state index in [4.69, 9.17) is 0 Å². The molecule has 1 atom stereocenters. The quantitative estimate of drug-likeness (QED) is 0.838. The molecule has 0 radical (unpaired) electrons. The van der Waals surface area contributed by atoms with Gasteiger partial charge in [-0.05, 0) is 19.2 Å². The average Bonchev–Trinajstić information content (AvgIpc) is 2.58. The van der Waals surface area contributed by atoms with Crippen molar-refractivity contribution in [3.8, 4) is 0 Å². The Morgan fingerprint density at radius 2 is 1.86 bits per heavy atom. The molecule has 3 rings (SSSR count). The largest absolute Gasteiger partial charge is 0.338 e. The third kappa shape index (κ3) is 3.45. The Morgan fingerprint density at radius 1 is 1.14 bits per heavy atom. The van der Waals surface area contributed by atoms with E-state index < -0.39 is 0 Å². The Labute approximate surface area is 132 Å². The Balaban J connectivity index is 1.81. The summed E-state index contributed by atoms with van der Waals surface area (Å²) in [6.45, 7) is 7.15. The number of rotatable bonds is 3. The van der Waals surface area contributed by atoms with Crippen LogP contribution in [0.15, 0.2) is 24.4 Å². The lowest BCUT2D eigenvalue weighted by Crippen LogP contribution is -2.54. The van der Waals surface area contributed by atoms with Crippen LogP contribution in [0, 0.1) is 0 Å². The highest BCUT2D eigenvalue weighted by Crippen LogP contribution is 2.23. The van der Waals surface area contributed by atoms with Gasteiger partial charge in [-0.15, -0.1) is 0 Å². The van der Waals surface area contributed by atoms with Crippen LogP contribution in [0.5, 0.6) is 0 Å². The van der Waals surface area contributed by atoms with Gasteiger partial charge in [0.2, 0.25) is 5.91 Å². The minimum Gasteiger partial charge on any atom is -0.338 e. The van der Waals surface area contributed by atoms with Gasteiger partial charge in [0.1, 0.15) is 6.04 Å². The van der Waals surface area contributed by atoms with Crippen LogP contribution in [-0.4, -0.2) is 85.0 Å². The molecule has 120 valence electrons. The normalized spacial score (nSPS) is 22.5. The number of amides is 1. The second-order valence-corrected chi connectivity index (χ2v) is 6.07. The second kappa shape index (κ2) is 7.17. The molecule has 6 nitrogen and oxygen atoms in total. The van der Waals surface area contributed by atoms with Crippen molar-refractivity contribution >= 4 is 5.91 Å². The van der Waals surface area contributed by atoms with Crippen molar-refractivity contribution in [3.63, 3.8) is 0 Å². The smallest absolute Gasteiger partial charge is 0.246 e. The summed E-state index contributed by atoms with van der Waals surface area (Å²) in [5.74, 6) is 0.199. The van der Waals surface area contributed by atoms with Crippen LogP contribution in [0.1, 0.15) is 11.7 Å². The summed E-state index contributed by atoms with van der Waals surface area (Å²) < 4.78 is 0. The molecular formula is C16H25N5O. The number of carbonyl (C=O) groups excluding carboxylic acids is 1. The maximum Gasteiger partial charge on any atom is 0.246 e. The number of hydrogen-bond donors (Lipinski definition) is 1. The van der Waals surface area contributed by atoms with Gasteiger partial charge in [-0.1, -0.05) is 6.07 Å². The first kappa shape index (κ1) is 15.4. The van der Waals surface area contributed by atoms with Crippen LogP contribution in [0.25, 0.3) is 0 Å². The molecular weight excluding hydrogens is 278 g/mol. The number of aromatic nitrogens is 1. The average molecular weight is 303 g/mol. The van der Waals surface area contributed by atoms with E-state index >= 15 is 0 Å². The zero-order valence-corrected chi connectivity index (χ0v) is 13.2. The van der Waals surface area contributed by atoms with Gasteiger partial charge in [-0.3, -0.25) is 14.7 Å². The van der Waals surface area contributed by atoms with E-state index in [-0.39, 0.29) is 11.9 Å². The topological polar surface area (TPSA) is 51.7 Å². The Kier molecular flexibility index (Phi) is 5.02. The lowest BCUT2D eigenvalue weighted by molar-refractivity contribution is -0.138. The first-order valence-electron chi connectivity index (χ1n) is 8.09. The fourth-order valence-electron chi connectivity index (χ4n) is 3.15. The number of carbonyl (C=O) groups is 1. The fourth-order valence-corrected chi connectivity index (χ4v) is 3.15. The van der Waals surface area contributed by atoms with E-state index in [1.807, 2.05) is 23.1 Å². The summed E-state index contributed by atoms with van der Waals surface area (Å²) in [4.78, 5) is 24.1.